The molecule has 18 heavy (non-hydrogen) atoms. The molecular weight excluding hydrogens is 248 g/mol. The fourth-order valence-electron chi connectivity index (χ4n) is 1.93. The molecule has 2 rings (SSSR count). The highest BCUT2D eigenvalue weighted by atomic mass is 35.5. The lowest BCUT2D eigenvalue weighted by molar-refractivity contribution is 0.476. The third-order valence-electron chi connectivity index (χ3n) is 2.85. The van der Waals surface area contributed by atoms with Crippen LogP contribution in [0.2, 0.25) is 5.02 Å². The standard InChI is InChI=1S/C14H17ClN2O/c1-14(2,3)11-8-17(4)16-13(11)10-7-9(15)5-6-12(10)18/h5-8,18H,1-4H3. The van der Waals surface area contributed by atoms with E-state index in [-0.39, 0.29) is 11.2 Å². The van der Waals surface area contributed by atoms with Crippen molar-refractivity contribution in [3.05, 3.63) is 35.0 Å². The Morgan fingerprint density at radius 2 is 1.94 bits per heavy atom. The molecule has 0 saturated heterocycles. The van der Waals surface area contributed by atoms with Crippen molar-refractivity contribution in [2.45, 2.75) is 26.2 Å². The molecule has 0 aliphatic heterocycles. The molecular formula is C14H17ClN2O. The Labute approximate surface area is 112 Å². The van der Waals surface area contributed by atoms with Gasteiger partial charge in [-0.25, -0.2) is 0 Å². The maximum absolute atomic E-state index is 9.98. The highest BCUT2D eigenvalue weighted by Gasteiger charge is 2.23. The number of hydrogen-bond donors (Lipinski definition) is 1. The van der Waals surface area contributed by atoms with Crippen LogP contribution < -0.4 is 0 Å². The predicted octanol–water partition coefficient (Wildman–Crippen LogP) is 3.74. The van der Waals surface area contributed by atoms with Crippen molar-refractivity contribution < 1.29 is 5.11 Å². The maximum Gasteiger partial charge on any atom is 0.125 e. The van der Waals surface area contributed by atoms with E-state index in [0.29, 0.717) is 10.6 Å². The van der Waals surface area contributed by atoms with E-state index in [9.17, 15) is 5.11 Å². The first-order chi connectivity index (χ1) is 8.29. The van der Waals surface area contributed by atoms with Crippen LogP contribution in [0.5, 0.6) is 5.75 Å². The zero-order chi connectivity index (χ0) is 13.5. The fraction of sp³-hybridized carbons (Fsp3) is 0.357. The van der Waals surface area contributed by atoms with Crippen molar-refractivity contribution in [2.24, 2.45) is 7.05 Å². The van der Waals surface area contributed by atoms with Crippen LogP contribution >= 0.6 is 11.6 Å². The number of aryl methyl sites for hydroxylation is 1. The Hall–Kier alpha value is -1.48. The number of aromatic hydroxyl groups is 1. The summed E-state index contributed by atoms with van der Waals surface area (Å²) in [5.41, 5.74) is 2.50. The topological polar surface area (TPSA) is 38.0 Å². The molecule has 0 bridgehead atoms. The molecule has 4 heteroatoms. The van der Waals surface area contributed by atoms with Crippen molar-refractivity contribution in [2.75, 3.05) is 0 Å². The van der Waals surface area contributed by atoms with E-state index in [1.165, 1.54) is 0 Å². The van der Waals surface area contributed by atoms with E-state index in [0.717, 1.165) is 11.3 Å². The van der Waals surface area contributed by atoms with Gasteiger partial charge in [-0.05, 0) is 23.6 Å². The number of phenols is 1. The largest absolute Gasteiger partial charge is 0.507 e. The van der Waals surface area contributed by atoms with Crippen LogP contribution in [0, 0.1) is 0 Å². The number of nitrogens with zero attached hydrogens (tertiary/aromatic N) is 2. The second-order valence-electron chi connectivity index (χ2n) is 5.48. The van der Waals surface area contributed by atoms with E-state index in [2.05, 4.69) is 25.9 Å². The van der Waals surface area contributed by atoms with Crippen LogP contribution in [-0.4, -0.2) is 14.9 Å². The van der Waals surface area contributed by atoms with Crippen LogP contribution in [0.4, 0.5) is 0 Å². The van der Waals surface area contributed by atoms with E-state index in [1.54, 1.807) is 22.9 Å². The first-order valence-corrected chi connectivity index (χ1v) is 6.20. The van der Waals surface area contributed by atoms with Crippen LogP contribution in [0.15, 0.2) is 24.4 Å². The monoisotopic (exact) mass is 264 g/mol. The van der Waals surface area contributed by atoms with Gasteiger partial charge in [0.1, 0.15) is 5.75 Å². The smallest absolute Gasteiger partial charge is 0.125 e. The number of aromatic nitrogens is 2. The Bertz CT molecular complexity index is 582. The summed E-state index contributed by atoms with van der Waals surface area (Å²) in [5, 5.41) is 15.0. The van der Waals surface area contributed by atoms with Gasteiger partial charge in [0, 0.05) is 29.4 Å². The van der Waals surface area contributed by atoms with Crippen LogP contribution in [0.25, 0.3) is 11.3 Å². The molecule has 0 fully saturated rings. The molecule has 1 heterocycles. The zero-order valence-corrected chi connectivity index (χ0v) is 11.8. The number of hydrogen-bond acceptors (Lipinski definition) is 2. The Morgan fingerprint density at radius 1 is 1.28 bits per heavy atom. The van der Waals surface area contributed by atoms with Gasteiger partial charge in [0.2, 0.25) is 0 Å². The van der Waals surface area contributed by atoms with Crippen LogP contribution in [-0.2, 0) is 12.5 Å². The molecule has 2 aromatic rings. The molecule has 0 unspecified atom stereocenters. The molecule has 0 atom stereocenters. The first kappa shape index (κ1) is 13.0. The molecule has 0 spiro atoms. The minimum absolute atomic E-state index is 0.0433. The van der Waals surface area contributed by atoms with Gasteiger partial charge < -0.3 is 5.11 Å². The second kappa shape index (κ2) is 4.32. The Balaban J connectivity index is 2.67. The van der Waals surface area contributed by atoms with Crippen molar-refractivity contribution in [3.63, 3.8) is 0 Å². The van der Waals surface area contributed by atoms with E-state index in [1.807, 2.05) is 13.2 Å². The summed E-state index contributed by atoms with van der Waals surface area (Å²) in [5.74, 6) is 0.198. The van der Waals surface area contributed by atoms with E-state index < -0.39 is 0 Å². The van der Waals surface area contributed by atoms with Gasteiger partial charge in [0.25, 0.3) is 0 Å². The van der Waals surface area contributed by atoms with Crippen molar-refractivity contribution in [1.82, 2.24) is 9.78 Å². The summed E-state index contributed by atoms with van der Waals surface area (Å²) in [6, 6.07) is 5.01. The second-order valence-corrected chi connectivity index (χ2v) is 5.91. The summed E-state index contributed by atoms with van der Waals surface area (Å²) >= 11 is 5.99. The van der Waals surface area contributed by atoms with Crippen molar-refractivity contribution >= 4 is 11.6 Å². The van der Waals surface area contributed by atoms with Gasteiger partial charge in [0.15, 0.2) is 0 Å². The Kier molecular flexibility index (Phi) is 3.11. The molecule has 1 aromatic carbocycles. The molecule has 96 valence electrons. The zero-order valence-electron chi connectivity index (χ0n) is 11.0. The van der Waals surface area contributed by atoms with Gasteiger partial charge in [-0.1, -0.05) is 32.4 Å². The lowest BCUT2D eigenvalue weighted by Crippen LogP contribution is -2.11. The van der Waals surface area contributed by atoms with Gasteiger partial charge in [0.05, 0.1) is 5.69 Å². The predicted molar refractivity (Wildman–Crippen MR) is 74.0 cm³/mol. The minimum atomic E-state index is -0.0433. The van der Waals surface area contributed by atoms with Crippen LogP contribution in [0.1, 0.15) is 26.3 Å². The Morgan fingerprint density at radius 3 is 2.56 bits per heavy atom. The van der Waals surface area contributed by atoms with Crippen molar-refractivity contribution in [3.8, 4) is 17.0 Å². The summed E-state index contributed by atoms with van der Waals surface area (Å²) in [7, 11) is 1.88. The first-order valence-electron chi connectivity index (χ1n) is 5.82. The number of rotatable bonds is 1. The highest BCUT2D eigenvalue weighted by Crippen LogP contribution is 2.37. The maximum atomic E-state index is 9.98. The third-order valence-corrected chi connectivity index (χ3v) is 3.09. The van der Waals surface area contributed by atoms with Gasteiger partial charge >= 0.3 is 0 Å². The molecule has 0 aliphatic carbocycles. The normalized spacial score (nSPS) is 11.8. The summed E-state index contributed by atoms with van der Waals surface area (Å²) in [4.78, 5) is 0. The summed E-state index contributed by atoms with van der Waals surface area (Å²) in [6.45, 7) is 6.36. The molecule has 0 radical (unpaired) electrons. The SMILES string of the molecule is Cn1cc(C(C)(C)C)c(-c2cc(Cl)ccc2O)n1. The fourth-order valence-corrected chi connectivity index (χ4v) is 2.11. The quantitative estimate of drug-likeness (QED) is 0.852. The lowest BCUT2D eigenvalue weighted by atomic mass is 9.85. The molecule has 0 amide bonds. The summed E-state index contributed by atoms with van der Waals surface area (Å²) in [6.07, 6.45) is 1.98. The number of benzene rings is 1. The molecule has 0 saturated carbocycles. The highest BCUT2D eigenvalue weighted by molar-refractivity contribution is 6.30. The average Bonchev–Trinajstić information content (AvgIpc) is 2.63. The lowest BCUT2D eigenvalue weighted by Gasteiger charge is -2.18. The van der Waals surface area contributed by atoms with E-state index >= 15 is 0 Å². The van der Waals surface area contributed by atoms with E-state index in [4.69, 9.17) is 11.6 Å². The molecule has 1 aromatic heterocycles. The third kappa shape index (κ3) is 2.36. The molecule has 0 aliphatic rings. The van der Waals surface area contributed by atoms with Crippen molar-refractivity contribution in [1.29, 1.82) is 0 Å². The number of halogens is 1. The van der Waals surface area contributed by atoms with Crippen LogP contribution in [0.3, 0.4) is 0 Å². The number of phenolic OH excluding ortho intramolecular Hbond substituents is 1. The summed E-state index contributed by atoms with van der Waals surface area (Å²) < 4.78 is 1.76. The van der Waals surface area contributed by atoms with Gasteiger partial charge in [-0.15, -0.1) is 0 Å². The molecule has 3 nitrogen and oxygen atoms in total. The average molecular weight is 265 g/mol. The molecule has 1 N–H and O–H groups in total. The van der Waals surface area contributed by atoms with Gasteiger partial charge in [-0.3, -0.25) is 4.68 Å². The van der Waals surface area contributed by atoms with Gasteiger partial charge in [-0.2, -0.15) is 5.10 Å². The minimum Gasteiger partial charge on any atom is -0.507 e.